The molecule has 2 aromatic carbocycles. The molecule has 0 amide bonds. The van der Waals surface area contributed by atoms with E-state index in [9.17, 15) is 15.3 Å². The van der Waals surface area contributed by atoms with Crippen LogP contribution in [0.5, 0.6) is 0 Å². The first kappa shape index (κ1) is 21.5. The van der Waals surface area contributed by atoms with E-state index in [1.807, 2.05) is 31.2 Å². The topological polar surface area (TPSA) is 69.9 Å². The van der Waals surface area contributed by atoms with E-state index >= 15 is 0 Å². The third-order valence-corrected chi connectivity index (χ3v) is 7.10. The molecule has 3 aromatic rings. The van der Waals surface area contributed by atoms with Gasteiger partial charge < -0.3 is 20.1 Å². The van der Waals surface area contributed by atoms with Crippen LogP contribution in [0, 0.1) is 0 Å². The van der Waals surface area contributed by atoms with Crippen molar-refractivity contribution in [2.75, 3.05) is 0 Å². The van der Waals surface area contributed by atoms with Crippen LogP contribution < -0.4 is 0 Å². The molecule has 5 atom stereocenters. The lowest BCUT2D eigenvalue weighted by Gasteiger charge is -2.40. The molecule has 0 radical (unpaired) electrons. The van der Waals surface area contributed by atoms with E-state index < -0.39 is 30.5 Å². The van der Waals surface area contributed by atoms with Gasteiger partial charge in [0.05, 0.1) is 6.10 Å². The van der Waals surface area contributed by atoms with Crippen molar-refractivity contribution < 1.29 is 20.1 Å². The zero-order valence-corrected chi connectivity index (χ0v) is 18.2. The van der Waals surface area contributed by atoms with Gasteiger partial charge in [-0.2, -0.15) is 0 Å². The number of thiophene rings is 1. The van der Waals surface area contributed by atoms with Gasteiger partial charge in [-0.15, -0.1) is 11.3 Å². The first-order chi connectivity index (χ1) is 14.5. The van der Waals surface area contributed by atoms with Crippen molar-refractivity contribution in [3.63, 3.8) is 0 Å². The minimum absolute atomic E-state index is 0.529. The molecule has 30 heavy (non-hydrogen) atoms. The van der Waals surface area contributed by atoms with Gasteiger partial charge in [-0.05, 0) is 41.3 Å². The molecule has 1 aliphatic rings. The number of halogens is 1. The fourth-order valence-electron chi connectivity index (χ4n) is 3.89. The zero-order chi connectivity index (χ0) is 21.3. The molecule has 1 saturated heterocycles. The molecule has 1 unspecified atom stereocenters. The highest BCUT2D eigenvalue weighted by atomic mass is 35.5. The Kier molecular flexibility index (Phi) is 6.58. The molecule has 2 heterocycles. The molecule has 6 heteroatoms. The van der Waals surface area contributed by atoms with Crippen LogP contribution >= 0.6 is 22.9 Å². The van der Waals surface area contributed by atoms with Crippen molar-refractivity contribution in [1.82, 2.24) is 0 Å². The van der Waals surface area contributed by atoms with E-state index in [1.165, 1.54) is 15.3 Å². The second-order valence-corrected chi connectivity index (χ2v) is 9.21. The van der Waals surface area contributed by atoms with Crippen LogP contribution in [-0.4, -0.2) is 39.7 Å². The quantitative estimate of drug-likeness (QED) is 0.538. The number of aliphatic hydroxyl groups is 3. The van der Waals surface area contributed by atoms with E-state index in [0.29, 0.717) is 17.9 Å². The summed E-state index contributed by atoms with van der Waals surface area (Å²) < 4.78 is 5.92. The second kappa shape index (κ2) is 9.18. The highest BCUT2D eigenvalue weighted by molar-refractivity contribution is 7.15. The molecular formula is C24H25ClO4S. The third-order valence-electron chi connectivity index (χ3n) is 5.60. The predicted octanol–water partition coefficient (Wildman–Crippen LogP) is 4.59. The SMILES string of the molecule is CC[C@H]1OC(c2ccc(Cl)c(Cc3ccc(-c4ccccc4)s3)c2)[C@H](O)[C@@H](O)[C@@H]1O. The average molecular weight is 445 g/mol. The Morgan fingerprint density at radius 2 is 1.70 bits per heavy atom. The Balaban J connectivity index is 1.57. The molecule has 3 N–H and O–H groups in total. The minimum Gasteiger partial charge on any atom is -0.388 e. The van der Waals surface area contributed by atoms with Gasteiger partial charge in [-0.3, -0.25) is 0 Å². The van der Waals surface area contributed by atoms with Crippen molar-refractivity contribution in [3.8, 4) is 10.4 Å². The van der Waals surface area contributed by atoms with Gasteiger partial charge in [0, 0.05) is 21.2 Å². The average Bonchev–Trinajstić information content (AvgIpc) is 3.23. The summed E-state index contributed by atoms with van der Waals surface area (Å²) in [7, 11) is 0. The number of benzene rings is 2. The maximum Gasteiger partial charge on any atom is 0.113 e. The molecule has 4 rings (SSSR count). The fraction of sp³-hybridized carbons (Fsp3) is 0.333. The molecule has 1 aromatic heterocycles. The van der Waals surface area contributed by atoms with Crippen molar-refractivity contribution >= 4 is 22.9 Å². The molecule has 0 spiro atoms. The van der Waals surface area contributed by atoms with Gasteiger partial charge >= 0.3 is 0 Å². The van der Waals surface area contributed by atoms with Gasteiger partial charge in [0.1, 0.15) is 24.4 Å². The van der Waals surface area contributed by atoms with Gasteiger partial charge in [-0.25, -0.2) is 0 Å². The molecule has 0 aliphatic carbocycles. The summed E-state index contributed by atoms with van der Waals surface area (Å²) in [6.45, 7) is 1.88. The first-order valence-electron chi connectivity index (χ1n) is 10.1. The second-order valence-electron chi connectivity index (χ2n) is 7.63. The lowest BCUT2D eigenvalue weighted by molar-refractivity contribution is -0.225. The summed E-state index contributed by atoms with van der Waals surface area (Å²) in [6, 6.07) is 20.0. The number of hydrogen-bond donors (Lipinski definition) is 3. The Hall–Kier alpha value is -1.73. The summed E-state index contributed by atoms with van der Waals surface area (Å²) in [5, 5.41) is 31.5. The van der Waals surface area contributed by atoms with Crippen LogP contribution in [-0.2, 0) is 11.2 Å². The van der Waals surface area contributed by atoms with E-state index in [0.717, 1.165) is 11.1 Å². The predicted molar refractivity (Wildman–Crippen MR) is 120 cm³/mol. The van der Waals surface area contributed by atoms with Crippen molar-refractivity contribution in [3.05, 3.63) is 81.7 Å². The summed E-state index contributed by atoms with van der Waals surface area (Å²) in [4.78, 5) is 2.38. The van der Waals surface area contributed by atoms with Crippen molar-refractivity contribution in [1.29, 1.82) is 0 Å². The van der Waals surface area contributed by atoms with Crippen molar-refractivity contribution in [2.45, 2.75) is 50.3 Å². The number of ether oxygens (including phenoxy) is 1. The van der Waals surface area contributed by atoms with E-state index in [4.69, 9.17) is 16.3 Å². The largest absolute Gasteiger partial charge is 0.388 e. The normalized spacial score (nSPS) is 26.6. The summed E-state index contributed by atoms with van der Waals surface area (Å²) in [6.07, 6.45) is -3.60. The Morgan fingerprint density at radius 3 is 2.43 bits per heavy atom. The lowest BCUT2D eigenvalue weighted by Crippen LogP contribution is -2.53. The van der Waals surface area contributed by atoms with Crippen molar-refractivity contribution in [2.24, 2.45) is 0 Å². The van der Waals surface area contributed by atoms with Gasteiger partial charge in [-0.1, -0.05) is 61.0 Å². The maximum atomic E-state index is 10.5. The zero-order valence-electron chi connectivity index (χ0n) is 16.6. The van der Waals surface area contributed by atoms with Crippen LogP contribution in [0.25, 0.3) is 10.4 Å². The van der Waals surface area contributed by atoms with Crippen LogP contribution in [0.3, 0.4) is 0 Å². The van der Waals surface area contributed by atoms with Gasteiger partial charge in [0.25, 0.3) is 0 Å². The molecule has 1 fully saturated rings. The van der Waals surface area contributed by atoms with Gasteiger partial charge in [0.2, 0.25) is 0 Å². The Morgan fingerprint density at radius 1 is 0.933 bits per heavy atom. The van der Waals surface area contributed by atoms with E-state index in [1.54, 1.807) is 23.5 Å². The number of hydrogen-bond acceptors (Lipinski definition) is 5. The lowest BCUT2D eigenvalue weighted by atomic mass is 9.89. The molecule has 1 aliphatic heterocycles. The fourth-order valence-corrected chi connectivity index (χ4v) is 5.11. The van der Waals surface area contributed by atoms with Crippen LogP contribution in [0.2, 0.25) is 5.02 Å². The molecule has 4 nitrogen and oxygen atoms in total. The standard InChI is InChI=1S/C24H25ClO4S/c1-2-19-21(26)22(27)23(28)24(29-19)15-8-10-18(25)16(12-15)13-17-9-11-20(30-17)14-6-4-3-5-7-14/h3-12,19,21-24,26-28H,2,13H2,1H3/t19-,21-,22+,23-,24?/m1/s1. The molecule has 158 valence electrons. The Bertz CT molecular complexity index is 988. The smallest absolute Gasteiger partial charge is 0.113 e. The highest BCUT2D eigenvalue weighted by Gasteiger charge is 2.43. The minimum atomic E-state index is -1.25. The molecule has 0 bridgehead atoms. The van der Waals surface area contributed by atoms with Crippen LogP contribution in [0.1, 0.15) is 35.5 Å². The van der Waals surface area contributed by atoms with Gasteiger partial charge in [0.15, 0.2) is 0 Å². The van der Waals surface area contributed by atoms with E-state index in [2.05, 4.69) is 24.3 Å². The van der Waals surface area contributed by atoms with Crippen LogP contribution in [0.15, 0.2) is 60.7 Å². The monoisotopic (exact) mass is 444 g/mol. The number of aliphatic hydroxyl groups excluding tert-OH is 3. The molecule has 0 saturated carbocycles. The summed E-state index contributed by atoms with van der Waals surface area (Å²) in [5.74, 6) is 0. The third kappa shape index (κ3) is 4.33. The summed E-state index contributed by atoms with van der Waals surface area (Å²) >= 11 is 8.19. The molecular weight excluding hydrogens is 420 g/mol. The highest BCUT2D eigenvalue weighted by Crippen LogP contribution is 2.36. The van der Waals surface area contributed by atoms with Crippen LogP contribution in [0.4, 0.5) is 0 Å². The summed E-state index contributed by atoms with van der Waals surface area (Å²) in [5.41, 5.74) is 2.86. The number of rotatable bonds is 5. The first-order valence-corrected chi connectivity index (χ1v) is 11.3. The van der Waals surface area contributed by atoms with E-state index in [-0.39, 0.29) is 0 Å². The Labute approximate surface area is 185 Å². The maximum absolute atomic E-state index is 10.5.